The van der Waals surface area contributed by atoms with E-state index in [4.69, 9.17) is 0 Å². The van der Waals surface area contributed by atoms with Gasteiger partial charge in [0.25, 0.3) is 5.91 Å². The SMILES string of the molecule is Cc1ncccc1C(=O)N1CCN(c2ncnc3[nH]ccc23)CC2(CC2)C1. The van der Waals surface area contributed by atoms with Crippen molar-refractivity contribution in [2.24, 2.45) is 5.41 Å². The molecule has 0 aromatic carbocycles. The van der Waals surface area contributed by atoms with Crippen LogP contribution in [0.1, 0.15) is 28.9 Å². The number of pyridine rings is 1. The minimum Gasteiger partial charge on any atom is -0.354 e. The second kappa shape index (κ2) is 6.04. The number of amides is 1. The van der Waals surface area contributed by atoms with E-state index in [1.54, 1.807) is 12.5 Å². The van der Waals surface area contributed by atoms with Crippen molar-refractivity contribution in [3.05, 3.63) is 48.2 Å². The molecule has 2 fully saturated rings. The van der Waals surface area contributed by atoms with E-state index in [9.17, 15) is 4.79 Å². The Morgan fingerprint density at radius 1 is 1.15 bits per heavy atom. The number of aryl methyl sites for hydroxylation is 1. The summed E-state index contributed by atoms with van der Waals surface area (Å²) in [5.41, 5.74) is 2.53. The molecule has 0 radical (unpaired) electrons. The van der Waals surface area contributed by atoms with Crippen LogP contribution in [0.4, 0.5) is 5.82 Å². The third-order valence-corrected chi connectivity index (χ3v) is 5.81. The predicted molar refractivity (Wildman–Crippen MR) is 103 cm³/mol. The summed E-state index contributed by atoms with van der Waals surface area (Å²) in [4.78, 5) is 33.8. The molecule has 4 heterocycles. The predicted octanol–water partition coefficient (Wildman–Crippen LogP) is 2.40. The van der Waals surface area contributed by atoms with E-state index >= 15 is 0 Å². The summed E-state index contributed by atoms with van der Waals surface area (Å²) >= 11 is 0. The van der Waals surface area contributed by atoms with E-state index in [2.05, 4.69) is 24.8 Å². The van der Waals surface area contributed by atoms with Gasteiger partial charge in [-0.2, -0.15) is 0 Å². The summed E-state index contributed by atoms with van der Waals surface area (Å²) < 4.78 is 0. The summed E-state index contributed by atoms with van der Waals surface area (Å²) in [7, 11) is 0. The first-order valence-electron chi connectivity index (χ1n) is 9.39. The normalized spacial score (nSPS) is 18.7. The number of anilines is 1. The zero-order valence-electron chi connectivity index (χ0n) is 15.4. The number of carbonyl (C=O) groups excluding carboxylic acids is 1. The highest BCUT2D eigenvalue weighted by Gasteiger charge is 2.48. The molecule has 5 rings (SSSR count). The minimum absolute atomic E-state index is 0.0863. The van der Waals surface area contributed by atoms with Crippen LogP contribution in [0.15, 0.2) is 36.9 Å². The van der Waals surface area contributed by atoms with Crippen molar-refractivity contribution in [2.75, 3.05) is 31.1 Å². The number of carbonyl (C=O) groups is 1. The van der Waals surface area contributed by atoms with Gasteiger partial charge in [0.05, 0.1) is 10.9 Å². The molecular weight excluding hydrogens is 340 g/mol. The van der Waals surface area contributed by atoms with Crippen molar-refractivity contribution in [1.82, 2.24) is 24.8 Å². The van der Waals surface area contributed by atoms with Gasteiger partial charge in [-0.15, -0.1) is 0 Å². The lowest BCUT2D eigenvalue weighted by atomic mass is 10.1. The van der Waals surface area contributed by atoms with Gasteiger partial charge >= 0.3 is 0 Å². The maximum Gasteiger partial charge on any atom is 0.255 e. The molecule has 1 aliphatic carbocycles. The Morgan fingerprint density at radius 2 is 2.04 bits per heavy atom. The molecule has 1 N–H and O–H groups in total. The van der Waals surface area contributed by atoms with Crippen LogP contribution in [0.3, 0.4) is 0 Å². The molecular formula is C20H22N6O. The van der Waals surface area contributed by atoms with Crippen LogP contribution in [0.25, 0.3) is 11.0 Å². The van der Waals surface area contributed by atoms with Crippen LogP contribution in [-0.4, -0.2) is 56.9 Å². The number of aromatic nitrogens is 4. The van der Waals surface area contributed by atoms with Crippen LogP contribution >= 0.6 is 0 Å². The van der Waals surface area contributed by atoms with E-state index in [0.29, 0.717) is 12.1 Å². The molecule has 0 bridgehead atoms. The quantitative estimate of drug-likeness (QED) is 0.757. The van der Waals surface area contributed by atoms with E-state index in [1.165, 1.54) is 0 Å². The van der Waals surface area contributed by atoms with Crippen molar-refractivity contribution in [2.45, 2.75) is 19.8 Å². The summed E-state index contributed by atoms with van der Waals surface area (Å²) in [5.74, 6) is 1.04. The summed E-state index contributed by atoms with van der Waals surface area (Å²) in [6.07, 6.45) is 7.55. The second-order valence-corrected chi connectivity index (χ2v) is 7.72. The van der Waals surface area contributed by atoms with E-state index in [1.807, 2.05) is 36.2 Å². The number of aromatic amines is 1. The van der Waals surface area contributed by atoms with E-state index < -0.39 is 0 Å². The fourth-order valence-electron chi connectivity index (χ4n) is 4.10. The van der Waals surface area contributed by atoms with Crippen LogP contribution < -0.4 is 4.90 Å². The number of nitrogens with zero attached hydrogens (tertiary/aromatic N) is 5. The molecule has 1 saturated heterocycles. The number of hydrogen-bond acceptors (Lipinski definition) is 5. The highest BCUT2D eigenvalue weighted by molar-refractivity contribution is 5.95. The number of H-pyrrole nitrogens is 1. The Bertz CT molecular complexity index is 1010. The van der Waals surface area contributed by atoms with Crippen molar-refractivity contribution in [3.8, 4) is 0 Å². The first-order chi connectivity index (χ1) is 13.2. The Kier molecular flexibility index (Phi) is 3.63. The fourth-order valence-corrected chi connectivity index (χ4v) is 4.10. The summed E-state index contributed by atoms with van der Waals surface area (Å²) in [6.45, 7) is 5.08. The first kappa shape index (κ1) is 16.2. The van der Waals surface area contributed by atoms with E-state index in [-0.39, 0.29) is 11.3 Å². The molecule has 3 aromatic rings. The van der Waals surface area contributed by atoms with Gasteiger partial charge in [-0.3, -0.25) is 9.78 Å². The lowest BCUT2D eigenvalue weighted by Gasteiger charge is -2.25. The molecule has 1 aliphatic heterocycles. The maximum absolute atomic E-state index is 13.1. The lowest BCUT2D eigenvalue weighted by Crippen LogP contribution is -2.37. The van der Waals surface area contributed by atoms with Crippen molar-refractivity contribution < 1.29 is 4.79 Å². The van der Waals surface area contributed by atoms with Gasteiger partial charge < -0.3 is 14.8 Å². The van der Waals surface area contributed by atoms with Gasteiger partial charge in [-0.05, 0) is 38.0 Å². The van der Waals surface area contributed by atoms with Gasteiger partial charge in [0, 0.05) is 49.7 Å². The van der Waals surface area contributed by atoms with Gasteiger partial charge in [-0.1, -0.05) is 0 Å². The molecule has 2 aliphatic rings. The molecule has 1 amide bonds. The Balaban J connectivity index is 1.45. The van der Waals surface area contributed by atoms with Crippen molar-refractivity contribution in [3.63, 3.8) is 0 Å². The second-order valence-electron chi connectivity index (χ2n) is 7.72. The van der Waals surface area contributed by atoms with Crippen molar-refractivity contribution in [1.29, 1.82) is 0 Å². The number of nitrogens with one attached hydrogen (secondary N) is 1. The molecule has 1 spiro atoms. The van der Waals surface area contributed by atoms with Crippen LogP contribution in [0.2, 0.25) is 0 Å². The summed E-state index contributed by atoms with van der Waals surface area (Å²) in [6, 6.07) is 5.73. The third kappa shape index (κ3) is 2.83. The first-order valence-corrected chi connectivity index (χ1v) is 9.39. The van der Waals surface area contributed by atoms with Gasteiger partial charge in [0.15, 0.2) is 0 Å². The average molecular weight is 362 g/mol. The highest BCUT2D eigenvalue weighted by Crippen LogP contribution is 2.48. The standard InChI is InChI=1S/C20H22N6O/c1-14-15(3-2-7-21-14)19(27)26-10-9-25(11-20(12-26)5-6-20)18-16-4-8-22-17(16)23-13-24-18/h2-4,7-8,13H,5-6,9-12H2,1H3,(H,22,23,24). The van der Waals surface area contributed by atoms with Crippen LogP contribution in [0.5, 0.6) is 0 Å². The number of fused-ring (bicyclic) bond motifs is 1. The van der Waals surface area contributed by atoms with Crippen LogP contribution in [-0.2, 0) is 0 Å². The van der Waals surface area contributed by atoms with Gasteiger partial charge in [0.1, 0.15) is 17.8 Å². The monoisotopic (exact) mass is 362 g/mol. The fraction of sp³-hybridized carbons (Fsp3) is 0.400. The molecule has 7 heteroatoms. The average Bonchev–Trinajstić information content (AvgIpc) is 3.32. The molecule has 1 saturated carbocycles. The smallest absolute Gasteiger partial charge is 0.255 e. The summed E-state index contributed by atoms with van der Waals surface area (Å²) in [5, 5.41) is 1.04. The minimum atomic E-state index is 0.0863. The zero-order valence-corrected chi connectivity index (χ0v) is 15.4. The number of hydrogen-bond donors (Lipinski definition) is 1. The van der Waals surface area contributed by atoms with E-state index in [0.717, 1.165) is 55.0 Å². The third-order valence-electron chi connectivity index (χ3n) is 5.81. The van der Waals surface area contributed by atoms with Gasteiger partial charge in [0.2, 0.25) is 0 Å². The van der Waals surface area contributed by atoms with Crippen molar-refractivity contribution >= 4 is 22.8 Å². The molecule has 7 nitrogen and oxygen atoms in total. The Morgan fingerprint density at radius 3 is 2.85 bits per heavy atom. The topological polar surface area (TPSA) is 78.0 Å². The molecule has 0 atom stereocenters. The molecule has 0 unspecified atom stereocenters. The zero-order chi connectivity index (χ0) is 18.4. The Labute approximate surface area is 157 Å². The molecule has 138 valence electrons. The van der Waals surface area contributed by atoms with Gasteiger partial charge in [-0.25, -0.2) is 9.97 Å². The highest BCUT2D eigenvalue weighted by atomic mass is 16.2. The Hall–Kier alpha value is -2.96. The lowest BCUT2D eigenvalue weighted by molar-refractivity contribution is 0.0739. The largest absolute Gasteiger partial charge is 0.354 e. The maximum atomic E-state index is 13.1. The van der Waals surface area contributed by atoms with Crippen LogP contribution in [0, 0.1) is 12.3 Å². The molecule has 27 heavy (non-hydrogen) atoms. The molecule has 3 aromatic heterocycles. The number of rotatable bonds is 2.